The Kier molecular flexibility index (Phi) is 4.89. The molecule has 8 heteroatoms. The van der Waals surface area contributed by atoms with E-state index in [1.165, 1.54) is 4.90 Å². The molecule has 3 fully saturated rings. The zero-order valence-electron chi connectivity index (χ0n) is 16.7. The molecular weight excluding hydrogens is 402 g/mol. The summed E-state index contributed by atoms with van der Waals surface area (Å²) in [7, 11) is 1.75. The van der Waals surface area contributed by atoms with Gasteiger partial charge >= 0.3 is 6.03 Å². The molecule has 2 aromatic carbocycles. The number of nitrogens with zero attached hydrogens (tertiary/aromatic N) is 4. The standard InChI is InChI=1S/C22H24ClN5O2/c1-25-19-18(20(29)28(22(25)30)14-15-8-5-6-11-17(15)23)27-13-7-12-26(21(27)24-19)16-9-3-2-4-10-16/h2-6,8-11,18-19,21,24H,7,12-14H2,1H3. The van der Waals surface area contributed by atoms with Gasteiger partial charge in [0.05, 0.1) is 6.54 Å². The van der Waals surface area contributed by atoms with Crippen molar-refractivity contribution in [2.45, 2.75) is 31.5 Å². The summed E-state index contributed by atoms with van der Waals surface area (Å²) in [5, 5.41) is 4.09. The second-order valence-electron chi connectivity index (χ2n) is 7.96. The molecule has 3 unspecified atom stereocenters. The number of fused-ring (bicyclic) bond motifs is 3. The minimum atomic E-state index is -0.424. The van der Waals surface area contributed by atoms with Crippen LogP contribution in [0.25, 0.3) is 0 Å². The fraction of sp³-hybridized carbons (Fsp3) is 0.364. The van der Waals surface area contributed by atoms with E-state index in [0.717, 1.165) is 30.8 Å². The molecule has 7 nitrogen and oxygen atoms in total. The van der Waals surface area contributed by atoms with Crippen molar-refractivity contribution in [1.29, 1.82) is 0 Å². The number of para-hydroxylation sites is 1. The van der Waals surface area contributed by atoms with E-state index in [4.69, 9.17) is 11.6 Å². The summed E-state index contributed by atoms with van der Waals surface area (Å²) in [6.07, 6.45) is 0.462. The predicted molar refractivity (Wildman–Crippen MR) is 115 cm³/mol. The lowest BCUT2D eigenvalue weighted by molar-refractivity contribution is -0.139. The largest absolute Gasteiger partial charge is 0.343 e. The van der Waals surface area contributed by atoms with Crippen molar-refractivity contribution >= 4 is 29.2 Å². The number of hydrogen-bond donors (Lipinski definition) is 1. The van der Waals surface area contributed by atoms with E-state index in [0.29, 0.717) is 5.02 Å². The Morgan fingerprint density at radius 1 is 1.03 bits per heavy atom. The summed E-state index contributed by atoms with van der Waals surface area (Å²) >= 11 is 6.29. The summed E-state index contributed by atoms with van der Waals surface area (Å²) in [5.41, 5.74) is 1.87. The fourth-order valence-corrected chi connectivity index (χ4v) is 4.94. The smallest absolute Gasteiger partial charge is 0.328 e. The number of imide groups is 1. The lowest BCUT2D eigenvalue weighted by Crippen LogP contribution is -2.66. The van der Waals surface area contributed by atoms with Crippen molar-refractivity contribution in [2.24, 2.45) is 0 Å². The molecule has 3 atom stereocenters. The number of benzene rings is 2. The van der Waals surface area contributed by atoms with Crippen LogP contribution < -0.4 is 10.2 Å². The second-order valence-corrected chi connectivity index (χ2v) is 8.37. The monoisotopic (exact) mass is 425 g/mol. The third-order valence-corrected chi connectivity index (χ3v) is 6.61. The molecule has 0 radical (unpaired) electrons. The van der Waals surface area contributed by atoms with Gasteiger partial charge in [-0.3, -0.25) is 19.9 Å². The van der Waals surface area contributed by atoms with Gasteiger partial charge in [0, 0.05) is 30.8 Å². The van der Waals surface area contributed by atoms with Gasteiger partial charge in [0.15, 0.2) is 0 Å². The highest BCUT2D eigenvalue weighted by molar-refractivity contribution is 6.31. The minimum Gasteiger partial charge on any atom is -0.343 e. The van der Waals surface area contributed by atoms with Crippen molar-refractivity contribution in [3.8, 4) is 0 Å². The van der Waals surface area contributed by atoms with Crippen molar-refractivity contribution < 1.29 is 9.59 Å². The number of urea groups is 1. The molecule has 0 spiro atoms. The van der Waals surface area contributed by atoms with Gasteiger partial charge in [-0.15, -0.1) is 0 Å². The van der Waals surface area contributed by atoms with Crippen molar-refractivity contribution in [1.82, 2.24) is 20.0 Å². The lowest BCUT2D eigenvalue weighted by atomic mass is 10.1. The highest BCUT2D eigenvalue weighted by Crippen LogP contribution is 2.33. The number of carbonyl (C=O) groups is 2. The molecule has 3 aliphatic heterocycles. The van der Waals surface area contributed by atoms with E-state index in [9.17, 15) is 9.59 Å². The Morgan fingerprint density at radius 2 is 1.77 bits per heavy atom. The average molecular weight is 426 g/mol. The maximum absolute atomic E-state index is 13.5. The topological polar surface area (TPSA) is 59.1 Å². The first-order chi connectivity index (χ1) is 14.6. The zero-order chi connectivity index (χ0) is 20.8. The first kappa shape index (κ1) is 19.4. The van der Waals surface area contributed by atoms with Gasteiger partial charge < -0.3 is 9.80 Å². The quantitative estimate of drug-likeness (QED) is 0.818. The van der Waals surface area contributed by atoms with Crippen molar-refractivity contribution in [3.05, 3.63) is 65.2 Å². The number of nitrogens with one attached hydrogen (secondary N) is 1. The SMILES string of the molecule is CN1C(=O)N(Cc2ccccc2Cl)C(=O)C2C1NC1N(c3ccccc3)CCCN21. The first-order valence-electron chi connectivity index (χ1n) is 10.2. The van der Waals surface area contributed by atoms with Crippen LogP contribution >= 0.6 is 11.6 Å². The summed E-state index contributed by atoms with van der Waals surface area (Å²) in [5.74, 6) is -0.173. The van der Waals surface area contributed by atoms with Gasteiger partial charge in [0.25, 0.3) is 5.91 Å². The van der Waals surface area contributed by atoms with Crippen LogP contribution in [-0.2, 0) is 11.3 Å². The van der Waals surface area contributed by atoms with Crippen LogP contribution in [0.2, 0.25) is 5.02 Å². The summed E-state index contributed by atoms with van der Waals surface area (Å²) in [6.45, 7) is 1.87. The molecule has 156 valence electrons. The summed E-state index contributed by atoms with van der Waals surface area (Å²) in [6, 6.07) is 16.8. The Bertz CT molecular complexity index is 971. The van der Waals surface area contributed by atoms with Crippen LogP contribution in [0.5, 0.6) is 0 Å². The summed E-state index contributed by atoms with van der Waals surface area (Å²) < 4.78 is 0. The van der Waals surface area contributed by atoms with Crippen LogP contribution in [0.4, 0.5) is 10.5 Å². The molecule has 0 saturated carbocycles. The molecule has 0 aliphatic carbocycles. The Hall–Kier alpha value is -2.61. The molecule has 0 aromatic heterocycles. The number of likely N-dealkylation sites (N-methyl/N-ethyl adjacent to an activating group) is 1. The minimum absolute atomic E-state index is 0.129. The van der Waals surface area contributed by atoms with E-state index < -0.39 is 6.04 Å². The molecular formula is C22H24ClN5O2. The van der Waals surface area contributed by atoms with E-state index in [2.05, 4.69) is 27.2 Å². The van der Waals surface area contributed by atoms with Gasteiger partial charge in [-0.1, -0.05) is 48.0 Å². The molecule has 0 bridgehead atoms. The lowest BCUT2D eigenvalue weighted by Gasteiger charge is -2.44. The maximum Gasteiger partial charge on any atom is 0.328 e. The second kappa shape index (κ2) is 7.58. The molecule has 3 saturated heterocycles. The van der Waals surface area contributed by atoms with Crippen LogP contribution in [0.1, 0.15) is 12.0 Å². The third-order valence-electron chi connectivity index (χ3n) is 6.24. The van der Waals surface area contributed by atoms with E-state index in [1.54, 1.807) is 18.0 Å². The molecule has 2 aromatic rings. The molecule has 1 N–H and O–H groups in total. The zero-order valence-corrected chi connectivity index (χ0v) is 17.5. The van der Waals surface area contributed by atoms with E-state index >= 15 is 0 Å². The number of rotatable bonds is 3. The number of halogens is 1. The van der Waals surface area contributed by atoms with Gasteiger partial charge in [-0.2, -0.15) is 0 Å². The van der Waals surface area contributed by atoms with E-state index in [-0.39, 0.29) is 30.9 Å². The molecule has 5 rings (SSSR count). The average Bonchev–Trinajstić information content (AvgIpc) is 3.17. The number of carbonyl (C=O) groups excluding carboxylic acids is 2. The van der Waals surface area contributed by atoms with Gasteiger partial charge in [0.2, 0.25) is 0 Å². The molecule has 3 aliphatic rings. The third kappa shape index (κ3) is 3.05. The van der Waals surface area contributed by atoms with Crippen LogP contribution in [0.15, 0.2) is 54.6 Å². The van der Waals surface area contributed by atoms with E-state index in [1.807, 2.05) is 36.4 Å². The van der Waals surface area contributed by atoms with Crippen molar-refractivity contribution in [3.63, 3.8) is 0 Å². The van der Waals surface area contributed by atoms with Crippen LogP contribution in [-0.4, -0.2) is 65.3 Å². The number of hydrogen-bond acceptors (Lipinski definition) is 5. The van der Waals surface area contributed by atoms with Gasteiger partial charge in [-0.25, -0.2) is 4.79 Å². The van der Waals surface area contributed by atoms with Gasteiger partial charge in [-0.05, 0) is 30.2 Å². The molecule has 3 amide bonds. The normalized spacial score (nSPS) is 26.7. The molecule has 3 heterocycles. The van der Waals surface area contributed by atoms with Crippen LogP contribution in [0.3, 0.4) is 0 Å². The van der Waals surface area contributed by atoms with Gasteiger partial charge in [0.1, 0.15) is 18.5 Å². The Labute approximate surface area is 180 Å². The predicted octanol–water partition coefficient (Wildman–Crippen LogP) is 2.53. The number of anilines is 1. The first-order valence-corrected chi connectivity index (χ1v) is 10.6. The maximum atomic E-state index is 13.5. The fourth-order valence-electron chi connectivity index (χ4n) is 4.75. The van der Waals surface area contributed by atoms with Crippen molar-refractivity contribution in [2.75, 3.05) is 25.0 Å². The Balaban J connectivity index is 1.45. The molecule has 30 heavy (non-hydrogen) atoms. The number of amides is 3. The highest BCUT2D eigenvalue weighted by Gasteiger charge is 2.56. The Morgan fingerprint density at radius 3 is 2.53 bits per heavy atom. The summed E-state index contributed by atoms with van der Waals surface area (Å²) in [4.78, 5) is 34.0. The highest BCUT2D eigenvalue weighted by atomic mass is 35.5. The van der Waals surface area contributed by atoms with Crippen LogP contribution in [0, 0.1) is 0 Å².